The molecule has 0 aromatic heterocycles. The third-order valence-electron chi connectivity index (χ3n) is 3.78. The molecule has 0 saturated carbocycles. The van der Waals surface area contributed by atoms with E-state index in [-0.39, 0.29) is 6.67 Å². The minimum atomic E-state index is -0.285. The van der Waals surface area contributed by atoms with Gasteiger partial charge in [-0.2, -0.15) is 11.8 Å². The molecule has 0 spiro atoms. The van der Waals surface area contributed by atoms with E-state index in [1.807, 2.05) is 17.8 Å². The first-order chi connectivity index (χ1) is 11.7. The van der Waals surface area contributed by atoms with E-state index in [0.29, 0.717) is 12.5 Å². The lowest BCUT2D eigenvalue weighted by molar-refractivity contribution is 0.142. The molecule has 4 nitrogen and oxygen atoms in total. The number of nitrogens with one attached hydrogen (secondary N) is 1. The number of allylic oxidation sites excluding steroid dienone is 2. The number of hydrogen-bond acceptors (Lipinski definition) is 4. The van der Waals surface area contributed by atoms with Gasteiger partial charge in [0, 0.05) is 30.5 Å². The molecule has 1 N–H and O–H groups in total. The van der Waals surface area contributed by atoms with E-state index in [9.17, 15) is 4.39 Å². The minimum Gasteiger partial charge on any atom is -0.368 e. The molecule has 24 heavy (non-hydrogen) atoms. The van der Waals surface area contributed by atoms with Crippen molar-refractivity contribution in [1.82, 2.24) is 10.4 Å². The number of thiocarbonyl (C=S) groups is 1. The first-order valence-electron chi connectivity index (χ1n) is 8.27. The van der Waals surface area contributed by atoms with E-state index in [1.54, 1.807) is 7.11 Å². The highest BCUT2D eigenvalue weighted by atomic mass is 32.2. The van der Waals surface area contributed by atoms with Crippen molar-refractivity contribution in [2.75, 3.05) is 31.8 Å². The number of rotatable bonds is 12. The first-order valence-corrected chi connectivity index (χ1v) is 9.89. The van der Waals surface area contributed by atoms with Gasteiger partial charge in [0.25, 0.3) is 0 Å². The predicted molar refractivity (Wildman–Crippen MR) is 106 cm³/mol. The molecule has 0 aliphatic carbocycles. The zero-order chi connectivity index (χ0) is 17.6. The Morgan fingerprint density at radius 1 is 1.58 bits per heavy atom. The highest BCUT2D eigenvalue weighted by Crippen LogP contribution is 2.27. The van der Waals surface area contributed by atoms with Gasteiger partial charge in [-0.1, -0.05) is 30.9 Å². The summed E-state index contributed by atoms with van der Waals surface area (Å²) >= 11 is 6.65. The number of amidine groups is 1. The third kappa shape index (κ3) is 8.26. The van der Waals surface area contributed by atoms with E-state index in [1.165, 1.54) is 11.2 Å². The van der Waals surface area contributed by atoms with Crippen molar-refractivity contribution >= 4 is 35.3 Å². The van der Waals surface area contributed by atoms with Crippen molar-refractivity contribution in [3.05, 3.63) is 24.4 Å². The second-order valence-electron chi connectivity index (χ2n) is 5.47. The van der Waals surface area contributed by atoms with Gasteiger partial charge in [-0.3, -0.25) is 14.7 Å². The summed E-state index contributed by atoms with van der Waals surface area (Å²) in [6.45, 7) is 4.86. The Bertz CT molecular complexity index is 444. The van der Waals surface area contributed by atoms with Gasteiger partial charge in [-0.25, -0.2) is 4.99 Å². The average molecular weight is 374 g/mol. The number of hydrogen-bond donors (Lipinski definition) is 1. The van der Waals surface area contributed by atoms with Crippen LogP contribution in [0.15, 0.2) is 29.4 Å². The average Bonchev–Trinajstić information content (AvgIpc) is 2.92. The number of thioether (sulfide) groups is 1. The largest absolute Gasteiger partial charge is 0.368 e. The van der Waals surface area contributed by atoms with Gasteiger partial charge in [0.1, 0.15) is 5.84 Å². The Kier molecular flexibility index (Phi) is 11.8. The molecule has 0 bridgehead atoms. The number of likely N-dealkylation sites (tertiary alicyclic amines) is 1. The molecule has 1 heterocycles. The summed E-state index contributed by atoms with van der Waals surface area (Å²) in [5.41, 5.74) is 5.29. The molecule has 1 unspecified atom stereocenters. The summed E-state index contributed by atoms with van der Waals surface area (Å²) < 4.78 is 12.2. The molecule has 1 rings (SSSR count). The predicted octanol–water partition coefficient (Wildman–Crippen LogP) is 3.90. The van der Waals surface area contributed by atoms with Crippen LogP contribution in [0.3, 0.4) is 0 Å². The van der Waals surface area contributed by atoms with E-state index in [0.717, 1.165) is 49.6 Å². The maximum absolute atomic E-state index is 12.2. The van der Waals surface area contributed by atoms with Crippen LogP contribution in [0.25, 0.3) is 0 Å². The van der Waals surface area contributed by atoms with Gasteiger partial charge in [0.2, 0.25) is 0 Å². The first kappa shape index (κ1) is 21.1. The molecule has 136 valence electrons. The van der Waals surface area contributed by atoms with Crippen LogP contribution in [0.4, 0.5) is 4.39 Å². The van der Waals surface area contributed by atoms with Crippen molar-refractivity contribution in [2.24, 2.45) is 4.99 Å². The monoisotopic (exact) mass is 373 g/mol. The summed E-state index contributed by atoms with van der Waals surface area (Å²) in [6, 6.07) is 0.386. The Morgan fingerprint density at radius 2 is 2.42 bits per heavy atom. The van der Waals surface area contributed by atoms with Gasteiger partial charge in [0.05, 0.1) is 19.3 Å². The summed E-state index contributed by atoms with van der Waals surface area (Å²) in [5, 5.41) is 0. The highest BCUT2D eigenvalue weighted by Gasteiger charge is 2.23. The molecule has 1 atom stereocenters. The normalized spacial score (nSPS) is 18.6. The molecule has 7 heteroatoms. The van der Waals surface area contributed by atoms with E-state index >= 15 is 0 Å². The zero-order valence-electron chi connectivity index (χ0n) is 14.4. The zero-order valence-corrected chi connectivity index (χ0v) is 16.0. The Hall–Kier alpha value is -0.920. The molecule has 0 amide bonds. The molecule has 0 radical (unpaired) electrons. The van der Waals surface area contributed by atoms with Crippen LogP contribution in [-0.2, 0) is 4.84 Å². The fourth-order valence-electron chi connectivity index (χ4n) is 2.62. The van der Waals surface area contributed by atoms with Gasteiger partial charge < -0.3 is 4.90 Å². The lowest BCUT2D eigenvalue weighted by atomic mass is 10.2. The van der Waals surface area contributed by atoms with Crippen molar-refractivity contribution in [3.63, 3.8) is 0 Å². The topological polar surface area (TPSA) is 36.9 Å². The summed E-state index contributed by atoms with van der Waals surface area (Å²) in [4.78, 5) is 11.3. The number of alkyl halides is 1. The quantitative estimate of drug-likeness (QED) is 0.140. The highest BCUT2D eigenvalue weighted by molar-refractivity contribution is 7.99. The fourth-order valence-corrected chi connectivity index (χ4v) is 3.62. The van der Waals surface area contributed by atoms with E-state index in [4.69, 9.17) is 17.1 Å². The second kappa shape index (κ2) is 13.4. The summed E-state index contributed by atoms with van der Waals surface area (Å²) in [6.07, 6.45) is 8.55. The molecular formula is C17H28FN3OS2. The van der Waals surface area contributed by atoms with E-state index in [2.05, 4.69) is 28.0 Å². The standard InChI is InChI=1S/C17H28FN3OS2/c1-15-8-9-16(6-3-4-10-18)21(15)11-13-24-12-5-7-17(19-14-23)20-22-2/h3,6,14,16H,1,4-5,7-13H2,2H3,(H,19,20,23)/b6-3+. The van der Waals surface area contributed by atoms with Crippen molar-refractivity contribution < 1.29 is 9.23 Å². The van der Waals surface area contributed by atoms with Crippen LogP contribution in [0, 0.1) is 0 Å². The molecular weight excluding hydrogens is 345 g/mol. The summed E-state index contributed by atoms with van der Waals surface area (Å²) in [7, 11) is 1.56. The van der Waals surface area contributed by atoms with Crippen molar-refractivity contribution in [3.8, 4) is 0 Å². The van der Waals surface area contributed by atoms with Crippen LogP contribution in [0.5, 0.6) is 0 Å². The SMILES string of the molecule is C=C1CCC(/C=C/CCF)N1CCSCCCC(=NC=S)NOC. The van der Waals surface area contributed by atoms with Crippen LogP contribution < -0.4 is 5.48 Å². The summed E-state index contributed by atoms with van der Waals surface area (Å²) in [5.74, 6) is 2.88. The lowest BCUT2D eigenvalue weighted by Crippen LogP contribution is -2.28. The Balaban J connectivity index is 2.22. The van der Waals surface area contributed by atoms with Gasteiger partial charge in [-0.05, 0) is 31.4 Å². The van der Waals surface area contributed by atoms with Crippen LogP contribution >= 0.6 is 24.0 Å². The number of hydroxylamine groups is 1. The Morgan fingerprint density at radius 3 is 3.12 bits per heavy atom. The number of aliphatic imine (C=N–C) groups is 1. The second-order valence-corrected chi connectivity index (χ2v) is 6.91. The molecule has 1 fully saturated rings. The van der Waals surface area contributed by atoms with Crippen LogP contribution in [-0.4, -0.2) is 54.1 Å². The number of nitrogens with zero attached hydrogens (tertiary/aromatic N) is 2. The molecule has 0 aromatic rings. The van der Waals surface area contributed by atoms with Gasteiger partial charge in [-0.15, -0.1) is 0 Å². The van der Waals surface area contributed by atoms with Gasteiger partial charge >= 0.3 is 0 Å². The van der Waals surface area contributed by atoms with Crippen LogP contribution in [0.2, 0.25) is 0 Å². The maximum Gasteiger partial charge on any atom is 0.126 e. The minimum absolute atomic E-state index is 0.285. The van der Waals surface area contributed by atoms with Gasteiger partial charge in [0.15, 0.2) is 0 Å². The number of halogens is 1. The molecule has 1 aliphatic heterocycles. The molecule has 1 saturated heterocycles. The maximum atomic E-state index is 12.2. The molecule has 0 aromatic carbocycles. The Labute approximate surface area is 154 Å². The smallest absolute Gasteiger partial charge is 0.126 e. The van der Waals surface area contributed by atoms with Crippen LogP contribution in [0.1, 0.15) is 32.1 Å². The fraction of sp³-hybridized carbons (Fsp3) is 0.647. The van der Waals surface area contributed by atoms with E-state index < -0.39 is 0 Å². The van der Waals surface area contributed by atoms with Crippen molar-refractivity contribution in [1.29, 1.82) is 0 Å². The molecule has 1 aliphatic rings. The van der Waals surface area contributed by atoms with Crippen molar-refractivity contribution in [2.45, 2.75) is 38.1 Å². The third-order valence-corrected chi connectivity index (χ3v) is 4.93. The lowest BCUT2D eigenvalue weighted by Gasteiger charge is -2.25.